The number of rotatable bonds is 13. The van der Waals surface area contributed by atoms with E-state index in [1.807, 2.05) is 0 Å². The monoisotopic (exact) mass is 551 g/mol. The van der Waals surface area contributed by atoms with E-state index in [9.17, 15) is 26.5 Å². The molecule has 0 bridgehead atoms. The van der Waals surface area contributed by atoms with Crippen molar-refractivity contribution in [1.29, 1.82) is 1.43 Å². The first-order valence-corrected chi connectivity index (χ1v) is 12.3. The summed E-state index contributed by atoms with van der Waals surface area (Å²) in [5.41, 5.74) is -3.58. The first-order valence-electron chi connectivity index (χ1n) is 18.3. The fourth-order valence-electron chi connectivity index (χ4n) is 2.97. The van der Waals surface area contributed by atoms with Crippen molar-refractivity contribution in [3.05, 3.63) is 54.0 Å². The van der Waals surface area contributed by atoms with Crippen LogP contribution in [-0.2, 0) is 16.4 Å². The SMILES string of the molecule is [2H]O[C@]([2H])(C([2H])([2H])N(CC(C)C)S(=O)(=O)c1ccc(OC)cc1[2H])[C@@]([2H])(N(C(=O)O)C(C)(C)C)C([2H])([2H])c1c([2H])c([2H])c(OC([2H])([2H])[2H])c([2H])c1[2H]. The Kier molecular flexibility index (Phi) is 5.10. The lowest BCUT2D eigenvalue weighted by atomic mass is 9.94. The zero-order chi connectivity index (χ0) is 41.0. The Bertz CT molecular complexity index is 1760. The van der Waals surface area contributed by atoms with Gasteiger partial charge in [0.05, 0.1) is 44.8 Å². The second kappa shape index (κ2) is 12.6. The molecule has 2 aromatic carbocycles. The number of carbonyl (C=O) groups is 1. The number of hydrogen-bond donors (Lipinski definition) is 2. The Morgan fingerprint density at radius 1 is 1.16 bits per heavy atom. The number of hydrogen-bond acceptors (Lipinski definition) is 6. The molecule has 0 unspecified atom stereocenters. The molecule has 0 saturated heterocycles. The van der Waals surface area contributed by atoms with Crippen molar-refractivity contribution in [2.75, 3.05) is 27.2 Å². The maximum absolute atomic E-state index is 14.3. The minimum Gasteiger partial charge on any atom is -0.497 e. The van der Waals surface area contributed by atoms with Gasteiger partial charge in [0.15, 0.2) is 0 Å². The summed E-state index contributed by atoms with van der Waals surface area (Å²) in [5.74, 6) is -1.99. The van der Waals surface area contributed by atoms with Gasteiger partial charge in [-0.1, -0.05) is 25.9 Å². The molecule has 0 radical (unpaired) electrons. The fraction of sp³-hybridized carbons (Fsp3) is 0.519. The highest BCUT2D eigenvalue weighted by Crippen LogP contribution is 2.26. The van der Waals surface area contributed by atoms with Crippen LogP contribution in [0.3, 0.4) is 0 Å². The lowest BCUT2D eigenvalue weighted by Crippen LogP contribution is -2.58. The third kappa shape index (κ3) is 8.08. The summed E-state index contributed by atoms with van der Waals surface area (Å²) >= 11 is 0. The van der Waals surface area contributed by atoms with E-state index in [1.54, 1.807) is 0 Å². The number of nitrogens with zero attached hydrogens (tertiary/aromatic N) is 2. The lowest BCUT2D eigenvalue weighted by molar-refractivity contribution is 0.000536. The molecular formula is C27H40N2O7S. The van der Waals surface area contributed by atoms with Gasteiger partial charge in [0.25, 0.3) is 0 Å². The van der Waals surface area contributed by atoms with Gasteiger partial charge in [-0.05, 0) is 75.0 Å². The molecule has 2 aromatic rings. The van der Waals surface area contributed by atoms with Crippen molar-refractivity contribution in [2.24, 2.45) is 5.92 Å². The van der Waals surface area contributed by atoms with Crippen LogP contribution in [-0.4, -0.2) is 80.2 Å². The van der Waals surface area contributed by atoms with E-state index in [2.05, 4.69) is 9.85 Å². The van der Waals surface area contributed by atoms with Crippen molar-refractivity contribution in [3.8, 4) is 11.5 Å². The van der Waals surface area contributed by atoms with Crippen molar-refractivity contribution in [2.45, 2.75) is 63.5 Å². The van der Waals surface area contributed by atoms with Crippen LogP contribution in [0.4, 0.5) is 4.79 Å². The quantitative estimate of drug-likeness (QED) is 0.385. The van der Waals surface area contributed by atoms with Crippen LogP contribution in [0.2, 0.25) is 0 Å². The van der Waals surface area contributed by atoms with Gasteiger partial charge in [0, 0.05) is 24.1 Å². The zero-order valence-electron chi connectivity index (χ0n) is 36.2. The van der Waals surface area contributed by atoms with Crippen LogP contribution in [0.25, 0.3) is 0 Å². The molecular weight excluding hydrogens is 496 g/mol. The fourth-order valence-corrected chi connectivity index (χ4v) is 4.35. The van der Waals surface area contributed by atoms with E-state index in [-0.39, 0.29) is 15.0 Å². The van der Waals surface area contributed by atoms with Gasteiger partial charge in [-0.15, -0.1) is 0 Å². The molecule has 0 aromatic heterocycles. The Morgan fingerprint density at radius 3 is 2.32 bits per heavy atom. The molecule has 0 spiro atoms. The van der Waals surface area contributed by atoms with Gasteiger partial charge in [-0.3, -0.25) is 4.90 Å². The summed E-state index contributed by atoms with van der Waals surface area (Å²) < 4.78 is 166. The Morgan fingerprint density at radius 2 is 1.84 bits per heavy atom. The first-order chi connectivity index (χ1) is 23.2. The molecule has 1 amide bonds. The van der Waals surface area contributed by atoms with Crippen molar-refractivity contribution in [1.82, 2.24) is 9.21 Å². The van der Waals surface area contributed by atoms with Gasteiger partial charge < -0.3 is 19.7 Å². The molecule has 0 aliphatic carbocycles. The topological polar surface area (TPSA) is 117 Å². The van der Waals surface area contributed by atoms with E-state index in [0.29, 0.717) is 0 Å². The summed E-state index contributed by atoms with van der Waals surface area (Å²) in [6.07, 6.45) is -10.8. The molecule has 37 heavy (non-hydrogen) atoms. The van der Waals surface area contributed by atoms with E-state index >= 15 is 0 Å². The molecule has 9 nitrogen and oxygen atoms in total. The van der Waals surface area contributed by atoms with Crippen molar-refractivity contribution >= 4 is 16.1 Å². The number of benzene rings is 2. The summed E-state index contributed by atoms with van der Waals surface area (Å²) in [6.45, 7) is 0.940. The number of methoxy groups -OCH3 is 2. The third-order valence-corrected chi connectivity index (χ3v) is 6.20. The van der Waals surface area contributed by atoms with Gasteiger partial charge in [-0.25, -0.2) is 13.2 Å². The van der Waals surface area contributed by atoms with Crippen LogP contribution in [0.1, 0.15) is 59.4 Å². The maximum Gasteiger partial charge on any atom is 0.408 e. The molecule has 0 aliphatic rings. The standard InChI is InChI=1S/C27H40N2O7S/c1-19(2)17-28(37(33,34)23-14-12-22(36-7)13-15-23)18-25(30)24(29(26(31)32)27(3,4)5)16-20-8-10-21(35-6)11-9-20/h8-15,19,24-25,30H,16-18H2,1-7H3,(H,31,32)/t24-,25+/m0/s1/i6D3,8D,9D,10D,11D,14D,16D2,18D2,24D,25D,30D. The Balaban J connectivity index is 3.28. The number of aliphatic hydroxyl groups is 1. The largest absolute Gasteiger partial charge is 0.497 e. The number of sulfonamides is 1. The molecule has 2 rings (SSSR count). The second-order valence-electron chi connectivity index (χ2n) is 9.03. The van der Waals surface area contributed by atoms with Crippen LogP contribution >= 0.6 is 0 Å². The lowest BCUT2D eigenvalue weighted by Gasteiger charge is -2.42. The summed E-state index contributed by atoms with van der Waals surface area (Å²) in [7, 11) is -7.46. The molecule has 10 heteroatoms. The minimum atomic E-state index is -5.35. The van der Waals surface area contributed by atoms with Crippen molar-refractivity contribution < 1.29 is 52.1 Å². The Labute approximate surface area is 241 Å². The van der Waals surface area contributed by atoms with Crippen LogP contribution < -0.4 is 9.47 Å². The highest BCUT2D eigenvalue weighted by molar-refractivity contribution is 7.89. The molecule has 2 atom stereocenters. The van der Waals surface area contributed by atoms with E-state index in [4.69, 9.17) is 17.1 Å². The number of carboxylic acid groups (broad SMARTS) is 1. The predicted octanol–water partition coefficient (Wildman–Crippen LogP) is 4.10. The minimum absolute atomic E-state index is 0.0301. The molecule has 0 saturated carbocycles. The van der Waals surface area contributed by atoms with E-state index < -0.39 is 113 Å². The van der Waals surface area contributed by atoms with E-state index in [1.165, 1.54) is 21.0 Å². The Hall–Kier alpha value is -2.82. The highest BCUT2D eigenvalue weighted by Gasteiger charge is 2.39. The van der Waals surface area contributed by atoms with Crippen molar-refractivity contribution in [3.63, 3.8) is 0 Å². The van der Waals surface area contributed by atoms with Gasteiger partial charge in [0.1, 0.15) is 11.5 Å². The molecule has 0 fully saturated rings. The average molecular weight is 552 g/mol. The molecule has 0 heterocycles. The summed E-state index contributed by atoms with van der Waals surface area (Å²) in [6, 6.07) is -7.64. The first kappa shape index (κ1) is 14.9. The normalized spacial score (nSPS) is 22.5. The van der Waals surface area contributed by atoms with E-state index in [0.717, 1.165) is 39.0 Å². The highest BCUT2D eigenvalue weighted by atomic mass is 32.2. The predicted molar refractivity (Wildman–Crippen MR) is 143 cm³/mol. The van der Waals surface area contributed by atoms with Crippen LogP contribution in [0.15, 0.2) is 53.3 Å². The molecule has 206 valence electrons. The summed E-state index contributed by atoms with van der Waals surface area (Å²) in [5, 5.41) is 15.0. The second-order valence-corrected chi connectivity index (χ2v) is 10.9. The molecule has 0 aliphatic heterocycles. The van der Waals surface area contributed by atoms with Gasteiger partial charge >= 0.3 is 6.09 Å². The van der Waals surface area contributed by atoms with Gasteiger partial charge in [-0.2, -0.15) is 4.31 Å². The third-order valence-electron chi connectivity index (χ3n) is 4.56. The average Bonchev–Trinajstić information content (AvgIpc) is 2.98. The zero-order valence-corrected chi connectivity index (χ0v) is 22.0. The molecule has 2 N–H and O–H groups in total. The van der Waals surface area contributed by atoms with Crippen LogP contribution in [0, 0.1) is 5.92 Å². The number of amides is 1. The maximum atomic E-state index is 14.3. The van der Waals surface area contributed by atoms with Crippen LogP contribution in [0.5, 0.6) is 11.5 Å². The van der Waals surface area contributed by atoms with Gasteiger partial charge in [0.2, 0.25) is 11.5 Å². The summed E-state index contributed by atoms with van der Waals surface area (Å²) in [4.78, 5) is 12.0. The smallest absolute Gasteiger partial charge is 0.408 e. The number of ether oxygens (including phenoxy) is 2.